The summed E-state index contributed by atoms with van der Waals surface area (Å²) >= 11 is 0. The zero-order chi connectivity index (χ0) is 24.5. The molecule has 35 heavy (non-hydrogen) atoms. The van der Waals surface area contributed by atoms with E-state index in [1.807, 2.05) is 19.1 Å². The minimum Gasteiger partial charge on any atom is -0.744 e. The number of nitrogens with zero attached hydrogens (tertiary/aromatic N) is 1. The number of anilines is 2. The molecule has 0 atom stereocenters. The number of carbonyl (C=O) groups is 1. The number of aryl methyl sites for hydroxylation is 3. The molecule has 4 aromatic rings. The Morgan fingerprint density at radius 3 is 2.20 bits per heavy atom. The fourth-order valence-corrected chi connectivity index (χ4v) is 5.97. The van der Waals surface area contributed by atoms with Crippen LogP contribution in [0, 0.1) is 20.8 Å². The smallest absolute Gasteiger partial charge is 0.744 e. The first-order valence-corrected chi connectivity index (χ1v) is 12.1. The van der Waals surface area contributed by atoms with Gasteiger partial charge in [0.2, 0.25) is 0 Å². The maximum atomic E-state index is 13.7. The van der Waals surface area contributed by atoms with Crippen LogP contribution in [0.2, 0.25) is 0 Å². The van der Waals surface area contributed by atoms with Crippen molar-refractivity contribution in [3.8, 4) is 11.1 Å². The number of carbonyl (C=O) groups excluding carboxylic acids is 1. The first kappa shape index (κ1) is 25.3. The van der Waals surface area contributed by atoms with E-state index in [0.29, 0.717) is 55.7 Å². The Bertz CT molecular complexity index is 1740. The number of fused-ring (bicyclic) bond motifs is 2. The van der Waals surface area contributed by atoms with E-state index in [0.717, 1.165) is 5.56 Å². The van der Waals surface area contributed by atoms with Crippen LogP contribution in [0.15, 0.2) is 58.2 Å². The number of benzene rings is 3. The Hall–Kier alpha value is -2.75. The van der Waals surface area contributed by atoms with E-state index in [1.165, 1.54) is 10.6 Å². The van der Waals surface area contributed by atoms with Crippen molar-refractivity contribution in [1.82, 2.24) is 4.57 Å². The van der Waals surface area contributed by atoms with Gasteiger partial charge in [-0.15, -0.1) is 0 Å². The van der Waals surface area contributed by atoms with Crippen molar-refractivity contribution in [3.05, 3.63) is 86.7 Å². The molecule has 3 aromatic carbocycles. The van der Waals surface area contributed by atoms with E-state index in [-0.39, 0.29) is 45.8 Å². The molecule has 1 heterocycles. The van der Waals surface area contributed by atoms with Crippen LogP contribution < -0.4 is 40.4 Å². The van der Waals surface area contributed by atoms with Gasteiger partial charge in [-0.2, -0.15) is 0 Å². The van der Waals surface area contributed by atoms with Gasteiger partial charge >= 0.3 is 29.6 Å². The average Bonchev–Trinajstić information content (AvgIpc) is 2.76. The second kappa shape index (κ2) is 8.72. The molecule has 5 rings (SSSR count). The van der Waals surface area contributed by atoms with Gasteiger partial charge in [-0.1, -0.05) is 30.3 Å². The number of hydrogen-bond donors (Lipinski definition) is 1. The molecule has 172 valence electrons. The van der Waals surface area contributed by atoms with E-state index in [1.54, 1.807) is 51.2 Å². The number of rotatable bonds is 3. The van der Waals surface area contributed by atoms with Crippen LogP contribution >= 0.6 is 0 Å². The van der Waals surface area contributed by atoms with Crippen molar-refractivity contribution >= 4 is 38.2 Å². The number of ketones is 1. The third kappa shape index (κ3) is 3.86. The molecule has 0 radical (unpaired) electrons. The molecule has 0 aliphatic heterocycles. The van der Waals surface area contributed by atoms with Crippen molar-refractivity contribution < 1.29 is 47.3 Å². The fourth-order valence-electron chi connectivity index (χ4n) is 5.04. The Balaban J connectivity index is 0.00000289. The first-order valence-electron chi connectivity index (χ1n) is 10.6. The van der Waals surface area contributed by atoms with Crippen molar-refractivity contribution in [2.24, 2.45) is 7.05 Å². The first-order chi connectivity index (χ1) is 16.0. The van der Waals surface area contributed by atoms with Gasteiger partial charge in [0.25, 0.3) is 5.56 Å². The van der Waals surface area contributed by atoms with Crippen molar-refractivity contribution in [3.63, 3.8) is 0 Å². The predicted octanol–water partition coefficient (Wildman–Crippen LogP) is 1.33. The number of nitrogens with one attached hydrogen (secondary N) is 1. The van der Waals surface area contributed by atoms with Crippen molar-refractivity contribution in [1.29, 1.82) is 0 Å². The van der Waals surface area contributed by atoms with E-state index in [4.69, 9.17) is 0 Å². The SMILES string of the molecule is Cc1cc(C)c(S(=O)(=O)[O-])c(C)c1Nc1ccc2c3c(cc(=O)n2C)-c2ccccc2C(=O)c13.[Na+]. The van der Waals surface area contributed by atoms with Crippen LogP contribution in [-0.2, 0) is 17.2 Å². The summed E-state index contributed by atoms with van der Waals surface area (Å²) in [5.74, 6) is -0.200. The summed E-state index contributed by atoms with van der Waals surface area (Å²) in [6.07, 6.45) is 0. The molecule has 1 aliphatic rings. The zero-order valence-corrected chi connectivity index (χ0v) is 22.8. The Kier molecular flexibility index (Phi) is 6.32. The third-order valence-electron chi connectivity index (χ3n) is 6.51. The number of aromatic nitrogens is 1. The monoisotopic (exact) mass is 496 g/mol. The number of pyridine rings is 1. The predicted molar refractivity (Wildman–Crippen MR) is 130 cm³/mol. The summed E-state index contributed by atoms with van der Waals surface area (Å²) in [6, 6.07) is 13.8. The standard InChI is InChI=1S/C26H22N2O5S.Na/c1-13-11-14(2)26(34(31,32)33)15(3)24(13)27-19-9-10-20-22-18(12-21(29)28(20)4)16-7-5-6-8-17(16)25(30)23(19)22;/h5-12,27H,1-4H3,(H,31,32,33);/q;+1/p-1. The normalized spacial score (nSPS) is 12.3. The molecule has 1 aliphatic carbocycles. The Labute approximate surface area is 224 Å². The van der Waals surface area contributed by atoms with E-state index >= 15 is 0 Å². The maximum Gasteiger partial charge on any atom is 1.00 e. The molecular formula is C26H21N2NaO5S. The summed E-state index contributed by atoms with van der Waals surface area (Å²) < 4.78 is 37.3. The van der Waals surface area contributed by atoms with Gasteiger partial charge in [-0.05, 0) is 60.7 Å². The molecule has 0 fully saturated rings. The van der Waals surface area contributed by atoms with Gasteiger partial charge in [0, 0.05) is 29.8 Å². The molecule has 0 spiro atoms. The molecule has 7 nitrogen and oxygen atoms in total. The third-order valence-corrected chi connectivity index (χ3v) is 7.64. The van der Waals surface area contributed by atoms with Crippen LogP contribution in [-0.4, -0.2) is 23.3 Å². The summed E-state index contributed by atoms with van der Waals surface area (Å²) in [5, 5.41) is 3.88. The Morgan fingerprint density at radius 1 is 0.886 bits per heavy atom. The maximum absolute atomic E-state index is 13.7. The molecule has 1 aromatic heterocycles. The molecule has 0 unspecified atom stereocenters. The second-order valence-corrected chi connectivity index (χ2v) is 9.95. The van der Waals surface area contributed by atoms with Crippen molar-refractivity contribution in [2.45, 2.75) is 25.7 Å². The summed E-state index contributed by atoms with van der Waals surface area (Å²) in [7, 11) is -3.04. The summed E-state index contributed by atoms with van der Waals surface area (Å²) in [6.45, 7) is 4.97. The van der Waals surface area contributed by atoms with Crippen molar-refractivity contribution in [2.75, 3.05) is 5.32 Å². The molecule has 0 saturated carbocycles. The number of hydrogen-bond acceptors (Lipinski definition) is 6. The van der Waals surface area contributed by atoms with Crippen LogP contribution in [0.4, 0.5) is 11.4 Å². The molecule has 9 heteroatoms. The molecular weight excluding hydrogens is 475 g/mol. The average molecular weight is 497 g/mol. The van der Waals surface area contributed by atoms with Gasteiger partial charge in [-0.25, -0.2) is 8.42 Å². The van der Waals surface area contributed by atoms with Crippen LogP contribution in [0.25, 0.3) is 22.0 Å². The minimum atomic E-state index is -4.70. The molecule has 1 N–H and O–H groups in total. The van der Waals surface area contributed by atoms with Gasteiger partial charge in [0.05, 0.1) is 21.7 Å². The van der Waals surface area contributed by atoms with E-state index in [9.17, 15) is 22.6 Å². The van der Waals surface area contributed by atoms with Gasteiger partial charge in [-0.3, -0.25) is 9.59 Å². The quantitative estimate of drug-likeness (QED) is 0.298. The molecule has 0 amide bonds. The second-order valence-electron chi connectivity index (χ2n) is 8.63. The van der Waals surface area contributed by atoms with Crippen LogP contribution in [0.5, 0.6) is 0 Å². The van der Waals surface area contributed by atoms with Gasteiger partial charge in [0.1, 0.15) is 10.1 Å². The van der Waals surface area contributed by atoms with E-state index in [2.05, 4.69) is 5.32 Å². The fraction of sp³-hybridized carbons (Fsp3) is 0.154. The molecule has 0 bridgehead atoms. The largest absolute Gasteiger partial charge is 1.00 e. The van der Waals surface area contributed by atoms with Gasteiger partial charge in [0.15, 0.2) is 5.78 Å². The van der Waals surface area contributed by atoms with Crippen LogP contribution in [0.1, 0.15) is 32.6 Å². The van der Waals surface area contributed by atoms with E-state index < -0.39 is 10.1 Å². The summed E-state index contributed by atoms with van der Waals surface area (Å²) in [5.41, 5.74) is 5.01. The summed E-state index contributed by atoms with van der Waals surface area (Å²) in [4.78, 5) is 26.1. The topological polar surface area (TPSA) is 108 Å². The Morgan fingerprint density at radius 2 is 1.54 bits per heavy atom. The zero-order valence-electron chi connectivity index (χ0n) is 20.0. The molecule has 0 saturated heterocycles. The van der Waals surface area contributed by atoms with Crippen LogP contribution in [0.3, 0.4) is 0 Å². The minimum absolute atomic E-state index is 0. The van der Waals surface area contributed by atoms with Gasteiger partial charge < -0.3 is 14.4 Å².